The molecule has 0 saturated carbocycles. The first-order valence-electron chi connectivity index (χ1n) is 9.34. The Balaban J connectivity index is 1.40. The van der Waals surface area contributed by atoms with Crippen LogP contribution in [0.5, 0.6) is 5.75 Å². The Morgan fingerprint density at radius 2 is 2.12 bits per heavy atom. The van der Waals surface area contributed by atoms with Gasteiger partial charge in [-0.25, -0.2) is 0 Å². The molecule has 5 nitrogen and oxygen atoms in total. The Kier molecular flexibility index (Phi) is 4.72. The first-order valence-corrected chi connectivity index (χ1v) is 9.34. The maximum Gasteiger partial charge on any atom is 0.223 e. The Hall–Kier alpha value is -2.30. The maximum atomic E-state index is 12.7. The fourth-order valence-electron chi connectivity index (χ4n) is 3.90. The van der Waals surface area contributed by atoms with Crippen molar-refractivity contribution in [2.45, 2.75) is 51.5 Å². The van der Waals surface area contributed by atoms with Crippen LogP contribution in [0.2, 0.25) is 0 Å². The van der Waals surface area contributed by atoms with Gasteiger partial charge in [0.15, 0.2) is 0 Å². The summed E-state index contributed by atoms with van der Waals surface area (Å²) in [6.45, 7) is 1.11. The Morgan fingerprint density at radius 1 is 1.24 bits per heavy atom. The van der Waals surface area contributed by atoms with E-state index in [0.29, 0.717) is 13.2 Å². The van der Waals surface area contributed by atoms with Crippen LogP contribution in [0.25, 0.3) is 0 Å². The van der Waals surface area contributed by atoms with E-state index in [9.17, 15) is 4.79 Å². The molecule has 1 aromatic carbocycles. The molecule has 0 radical (unpaired) electrons. The van der Waals surface area contributed by atoms with Gasteiger partial charge in [-0.05, 0) is 55.7 Å². The molecule has 4 rings (SSSR count). The van der Waals surface area contributed by atoms with Crippen LogP contribution >= 0.6 is 0 Å². The third-order valence-electron chi connectivity index (χ3n) is 5.36. The predicted molar refractivity (Wildman–Crippen MR) is 95.4 cm³/mol. The average molecular weight is 339 g/mol. The van der Waals surface area contributed by atoms with Crippen LogP contribution in [0.3, 0.4) is 0 Å². The molecule has 25 heavy (non-hydrogen) atoms. The maximum absolute atomic E-state index is 12.7. The van der Waals surface area contributed by atoms with Gasteiger partial charge in [-0.1, -0.05) is 24.6 Å². The number of hydrogen-bond acceptors (Lipinski definition) is 3. The molecule has 1 atom stereocenters. The number of benzene rings is 1. The topological polar surface area (TPSA) is 67.0 Å². The van der Waals surface area contributed by atoms with Crippen molar-refractivity contribution in [3.63, 3.8) is 0 Å². The van der Waals surface area contributed by atoms with Crippen LogP contribution in [0.15, 0.2) is 24.3 Å². The lowest BCUT2D eigenvalue weighted by atomic mass is 9.96. The van der Waals surface area contributed by atoms with Crippen LogP contribution in [-0.4, -0.2) is 22.7 Å². The molecule has 2 heterocycles. The molecule has 1 amide bonds. The van der Waals surface area contributed by atoms with E-state index in [-0.39, 0.29) is 11.8 Å². The van der Waals surface area contributed by atoms with Crippen LogP contribution in [0, 0.1) is 5.92 Å². The number of para-hydroxylation sites is 1. The number of hydrogen-bond donors (Lipinski definition) is 2. The number of fused-ring (bicyclic) bond motifs is 2. The zero-order valence-corrected chi connectivity index (χ0v) is 14.5. The lowest BCUT2D eigenvalue weighted by molar-refractivity contribution is -0.125. The van der Waals surface area contributed by atoms with E-state index in [1.54, 1.807) is 0 Å². The van der Waals surface area contributed by atoms with E-state index < -0.39 is 0 Å². The molecule has 0 bridgehead atoms. The molecule has 0 saturated heterocycles. The largest absolute Gasteiger partial charge is 0.493 e. The van der Waals surface area contributed by atoms with Crippen molar-refractivity contribution >= 4 is 5.91 Å². The van der Waals surface area contributed by atoms with E-state index in [0.717, 1.165) is 42.7 Å². The van der Waals surface area contributed by atoms with Gasteiger partial charge >= 0.3 is 0 Å². The number of carbonyl (C=O) groups excluding carboxylic acids is 1. The minimum absolute atomic E-state index is 0.0406. The van der Waals surface area contributed by atoms with Crippen molar-refractivity contribution in [3.8, 4) is 5.75 Å². The monoisotopic (exact) mass is 339 g/mol. The molecule has 1 aromatic heterocycles. The highest BCUT2D eigenvalue weighted by Crippen LogP contribution is 2.27. The lowest BCUT2D eigenvalue weighted by Crippen LogP contribution is -2.32. The first kappa shape index (κ1) is 16.2. The summed E-state index contributed by atoms with van der Waals surface area (Å²) in [5.74, 6) is 0.974. The number of nitrogens with one attached hydrogen (secondary N) is 2. The second kappa shape index (κ2) is 7.30. The number of nitrogens with zero attached hydrogens (tertiary/aromatic N) is 1. The third kappa shape index (κ3) is 3.55. The smallest absolute Gasteiger partial charge is 0.223 e. The summed E-state index contributed by atoms with van der Waals surface area (Å²) in [5, 5.41) is 10.7. The number of aromatic amines is 1. The number of aryl methyl sites for hydroxylation is 1. The molecular weight excluding hydrogens is 314 g/mol. The van der Waals surface area contributed by atoms with Gasteiger partial charge in [0.2, 0.25) is 5.91 Å². The molecule has 2 aliphatic rings. The number of ether oxygens (including phenoxy) is 1. The van der Waals surface area contributed by atoms with Gasteiger partial charge in [-0.2, -0.15) is 5.10 Å². The molecule has 2 N–H and O–H groups in total. The summed E-state index contributed by atoms with van der Waals surface area (Å²) >= 11 is 0. The highest BCUT2D eigenvalue weighted by molar-refractivity contribution is 5.79. The summed E-state index contributed by atoms with van der Waals surface area (Å²) in [6, 6.07) is 8.01. The number of aromatic nitrogens is 2. The Bertz CT molecular complexity index is 753. The van der Waals surface area contributed by atoms with Crippen LogP contribution in [0.4, 0.5) is 0 Å². The van der Waals surface area contributed by atoms with Gasteiger partial charge in [0.1, 0.15) is 5.75 Å². The third-order valence-corrected chi connectivity index (χ3v) is 5.36. The average Bonchev–Trinajstić information content (AvgIpc) is 2.82. The van der Waals surface area contributed by atoms with Crippen molar-refractivity contribution in [2.75, 3.05) is 6.61 Å². The van der Waals surface area contributed by atoms with Crippen molar-refractivity contribution < 1.29 is 9.53 Å². The number of rotatable bonds is 3. The minimum Gasteiger partial charge on any atom is -0.493 e. The quantitative estimate of drug-likeness (QED) is 0.845. The molecule has 2 aromatic rings. The highest BCUT2D eigenvalue weighted by Gasteiger charge is 2.24. The zero-order chi connectivity index (χ0) is 17.1. The van der Waals surface area contributed by atoms with E-state index >= 15 is 0 Å². The molecule has 0 fully saturated rings. The Labute approximate surface area is 148 Å². The molecule has 5 heteroatoms. The molecule has 132 valence electrons. The van der Waals surface area contributed by atoms with Crippen LogP contribution in [-0.2, 0) is 30.6 Å². The van der Waals surface area contributed by atoms with Gasteiger partial charge in [-0.3, -0.25) is 9.89 Å². The first-order chi connectivity index (χ1) is 12.3. The zero-order valence-electron chi connectivity index (χ0n) is 14.5. The summed E-state index contributed by atoms with van der Waals surface area (Å²) in [5.41, 5.74) is 4.72. The number of amides is 1. The van der Waals surface area contributed by atoms with E-state index in [4.69, 9.17) is 4.74 Å². The van der Waals surface area contributed by atoms with Crippen molar-refractivity contribution in [1.82, 2.24) is 15.5 Å². The number of H-pyrrole nitrogens is 1. The molecule has 0 spiro atoms. The summed E-state index contributed by atoms with van der Waals surface area (Å²) in [6.07, 6.45) is 7.34. The van der Waals surface area contributed by atoms with Gasteiger partial charge in [0, 0.05) is 11.6 Å². The second-order valence-corrected chi connectivity index (χ2v) is 7.05. The molecular formula is C20H25N3O2. The summed E-state index contributed by atoms with van der Waals surface area (Å²) < 4.78 is 5.77. The number of carbonyl (C=O) groups is 1. The fourth-order valence-corrected chi connectivity index (χ4v) is 3.90. The van der Waals surface area contributed by atoms with E-state index in [2.05, 4.69) is 21.6 Å². The van der Waals surface area contributed by atoms with Crippen molar-refractivity contribution in [2.24, 2.45) is 5.92 Å². The van der Waals surface area contributed by atoms with Crippen LogP contribution in [0.1, 0.15) is 48.2 Å². The summed E-state index contributed by atoms with van der Waals surface area (Å²) in [4.78, 5) is 12.7. The highest BCUT2D eigenvalue weighted by atomic mass is 16.5. The second-order valence-electron chi connectivity index (χ2n) is 7.05. The molecule has 1 unspecified atom stereocenters. The van der Waals surface area contributed by atoms with Crippen molar-refractivity contribution in [3.05, 3.63) is 46.8 Å². The normalized spacial score (nSPS) is 19.8. The van der Waals surface area contributed by atoms with Crippen LogP contribution < -0.4 is 10.1 Å². The Morgan fingerprint density at radius 3 is 3.08 bits per heavy atom. The fraction of sp³-hybridized carbons (Fsp3) is 0.500. The lowest BCUT2D eigenvalue weighted by Gasteiger charge is -2.14. The van der Waals surface area contributed by atoms with Gasteiger partial charge < -0.3 is 10.1 Å². The van der Waals surface area contributed by atoms with Gasteiger partial charge in [0.25, 0.3) is 0 Å². The molecule has 1 aliphatic heterocycles. The minimum atomic E-state index is -0.0406. The van der Waals surface area contributed by atoms with E-state index in [1.165, 1.54) is 30.5 Å². The molecule has 1 aliphatic carbocycles. The SMILES string of the molecule is O=C(NCc1n[nH]c2c1CCCCC2)C1CCOc2ccccc2C1. The van der Waals surface area contributed by atoms with Gasteiger partial charge in [-0.15, -0.1) is 0 Å². The van der Waals surface area contributed by atoms with Crippen molar-refractivity contribution in [1.29, 1.82) is 0 Å². The van der Waals surface area contributed by atoms with Gasteiger partial charge in [0.05, 0.1) is 18.8 Å². The standard InChI is InChI=1S/C20H25N3O2/c24-20(15-10-11-25-19-9-5-4-6-14(19)12-15)21-13-18-16-7-2-1-3-8-17(16)22-23-18/h4-6,9,15H,1-3,7-8,10-13H2,(H,21,24)(H,22,23). The summed E-state index contributed by atoms with van der Waals surface area (Å²) in [7, 11) is 0. The van der Waals surface area contributed by atoms with E-state index in [1.807, 2.05) is 18.2 Å². The predicted octanol–water partition coefficient (Wildman–Crippen LogP) is 2.94.